The van der Waals surface area contributed by atoms with Crippen LogP contribution in [0.25, 0.3) is 0 Å². The van der Waals surface area contributed by atoms with E-state index in [1.165, 1.54) is 0 Å². The summed E-state index contributed by atoms with van der Waals surface area (Å²) in [7, 11) is 0. The third-order valence-electron chi connectivity index (χ3n) is 2.40. The lowest BCUT2D eigenvalue weighted by Gasteiger charge is -2.13. The lowest BCUT2D eigenvalue weighted by molar-refractivity contribution is 0.1000. The Morgan fingerprint density at radius 2 is 2.19 bits per heavy atom. The van der Waals surface area contributed by atoms with Crippen LogP contribution in [0.5, 0.6) is 0 Å². The standard InChI is InChI=1S/C12H17NO2S/c1-8(14)9(2)16-7-10-4-3-5-11(6-10)12(13)15/h3-6,8-9,14H,7H2,1-2H3,(H2,13,15). The minimum absolute atomic E-state index is 0.178. The van der Waals surface area contributed by atoms with Crippen molar-refractivity contribution >= 4 is 17.7 Å². The molecule has 88 valence electrons. The number of aliphatic hydroxyl groups is 1. The molecule has 0 heterocycles. The number of carbonyl (C=O) groups is 1. The molecule has 4 heteroatoms. The maximum atomic E-state index is 11.0. The molecule has 2 unspecified atom stereocenters. The zero-order valence-corrected chi connectivity index (χ0v) is 10.3. The molecule has 0 aliphatic heterocycles. The van der Waals surface area contributed by atoms with Gasteiger partial charge in [-0.2, -0.15) is 11.8 Å². The Morgan fingerprint density at radius 1 is 1.50 bits per heavy atom. The SMILES string of the molecule is CC(O)C(C)SCc1cccc(C(N)=O)c1. The van der Waals surface area contributed by atoms with E-state index in [1.54, 1.807) is 30.8 Å². The fraction of sp³-hybridized carbons (Fsp3) is 0.417. The van der Waals surface area contributed by atoms with Crippen LogP contribution in [-0.4, -0.2) is 22.4 Å². The van der Waals surface area contributed by atoms with Gasteiger partial charge in [0, 0.05) is 16.6 Å². The summed E-state index contributed by atoms with van der Waals surface area (Å²) in [5.74, 6) is 0.364. The number of aliphatic hydroxyl groups excluding tert-OH is 1. The molecule has 3 N–H and O–H groups in total. The predicted molar refractivity (Wildman–Crippen MR) is 67.4 cm³/mol. The maximum Gasteiger partial charge on any atom is 0.248 e. The first-order valence-electron chi connectivity index (χ1n) is 5.19. The Labute approximate surface area is 100 Å². The maximum absolute atomic E-state index is 11.0. The molecular weight excluding hydrogens is 222 g/mol. The van der Waals surface area contributed by atoms with Gasteiger partial charge in [0.25, 0.3) is 0 Å². The van der Waals surface area contributed by atoms with Crippen LogP contribution in [0.4, 0.5) is 0 Å². The molecule has 0 fully saturated rings. The number of carbonyl (C=O) groups excluding carboxylic acids is 1. The molecule has 0 aromatic heterocycles. The first-order chi connectivity index (χ1) is 7.50. The molecule has 1 aromatic carbocycles. The van der Waals surface area contributed by atoms with Crippen LogP contribution >= 0.6 is 11.8 Å². The topological polar surface area (TPSA) is 63.3 Å². The van der Waals surface area contributed by atoms with E-state index in [2.05, 4.69) is 0 Å². The number of hydrogen-bond donors (Lipinski definition) is 2. The molecular formula is C12H17NO2S. The molecule has 16 heavy (non-hydrogen) atoms. The van der Waals surface area contributed by atoms with Crippen LogP contribution < -0.4 is 5.73 Å². The van der Waals surface area contributed by atoms with Gasteiger partial charge in [0.05, 0.1) is 6.10 Å². The van der Waals surface area contributed by atoms with Crippen molar-refractivity contribution in [2.24, 2.45) is 5.73 Å². The summed E-state index contributed by atoms with van der Waals surface area (Å²) in [4.78, 5) is 11.0. The van der Waals surface area contributed by atoms with Crippen LogP contribution in [0, 0.1) is 0 Å². The fourth-order valence-corrected chi connectivity index (χ4v) is 2.09. The second-order valence-electron chi connectivity index (χ2n) is 3.82. The molecule has 3 nitrogen and oxygen atoms in total. The molecule has 2 atom stereocenters. The van der Waals surface area contributed by atoms with Gasteiger partial charge in [0.1, 0.15) is 0 Å². The van der Waals surface area contributed by atoms with E-state index in [4.69, 9.17) is 5.73 Å². The molecule has 0 bridgehead atoms. The normalized spacial score (nSPS) is 14.4. The summed E-state index contributed by atoms with van der Waals surface area (Å²) in [5, 5.41) is 9.52. The molecule has 0 saturated carbocycles. The van der Waals surface area contributed by atoms with Gasteiger partial charge in [0.2, 0.25) is 5.91 Å². The Morgan fingerprint density at radius 3 is 2.75 bits per heavy atom. The van der Waals surface area contributed by atoms with E-state index in [1.807, 2.05) is 19.1 Å². The minimum atomic E-state index is -0.407. The smallest absolute Gasteiger partial charge is 0.248 e. The minimum Gasteiger partial charge on any atom is -0.392 e. The van der Waals surface area contributed by atoms with Crippen molar-refractivity contribution < 1.29 is 9.90 Å². The molecule has 1 rings (SSSR count). The van der Waals surface area contributed by atoms with Crippen molar-refractivity contribution in [2.45, 2.75) is 31.0 Å². The van der Waals surface area contributed by atoms with Gasteiger partial charge in [-0.15, -0.1) is 0 Å². The molecule has 1 aromatic rings. The van der Waals surface area contributed by atoms with Gasteiger partial charge in [-0.25, -0.2) is 0 Å². The number of thioether (sulfide) groups is 1. The zero-order valence-electron chi connectivity index (χ0n) is 9.51. The highest BCUT2D eigenvalue weighted by Crippen LogP contribution is 2.20. The number of amides is 1. The van der Waals surface area contributed by atoms with E-state index in [0.29, 0.717) is 5.56 Å². The van der Waals surface area contributed by atoms with Crippen molar-refractivity contribution in [3.05, 3.63) is 35.4 Å². The summed E-state index contributed by atoms with van der Waals surface area (Å²) in [6, 6.07) is 7.27. The third-order valence-corrected chi connectivity index (χ3v) is 3.82. The lowest BCUT2D eigenvalue weighted by Crippen LogP contribution is -2.15. The van der Waals surface area contributed by atoms with Crippen LogP contribution in [0.2, 0.25) is 0 Å². The number of primary amides is 1. The first-order valence-corrected chi connectivity index (χ1v) is 6.24. The first kappa shape index (κ1) is 13.1. The van der Waals surface area contributed by atoms with Crippen LogP contribution in [-0.2, 0) is 5.75 Å². The third kappa shape index (κ3) is 3.87. The molecule has 0 aliphatic carbocycles. The van der Waals surface area contributed by atoms with E-state index >= 15 is 0 Å². The quantitative estimate of drug-likeness (QED) is 0.823. The highest BCUT2D eigenvalue weighted by atomic mass is 32.2. The highest BCUT2D eigenvalue weighted by Gasteiger charge is 2.09. The summed E-state index contributed by atoms with van der Waals surface area (Å²) in [6.07, 6.45) is -0.329. The van der Waals surface area contributed by atoms with Crippen molar-refractivity contribution in [1.29, 1.82) is 0 Å². The number of rotatable bonds is 5. The average molecular weight is 239 g/mol. The van der Waals surface area contributed by atoms with E-state index in [0.717, 1.165) is 11.3 Å². The molecule has 0 saturated heterocycles. The Balaban J connectivity index is 2.61. The molecule has 1 amide bonds. The van der Waals surface area contributed by atoms with Gasteiger partial charge in [-0.1, -0.05) is 19.1 Å². The Hall–Kier alpha value is -1.00. The van der Waals surface area contributed by atoms with E-state index < -0.39 is 5.91 Å². The largest absolute Gasteiger partial charge is 0.392 e. The average Bonchev–Trinajstić information content (AvgIpc) is 2.26. The summed E-state index contributed by atoms with van der Waals surface area (Å²) in [5.41, 5.74) is 6.78. The summed E-state index contributed by atoms with van der Waals surface area (Å²) in [6.45, 7) is 3.75. The van der Waals surface area contributed by atoms with Crippen molar-refractivity contribution in [2.75, 3.05) is 0 Å². The monoisotopic (exact) mass is 239 g/mol. The second kappa shape index (κ2) is 5.92. The summed E-state index contributed by atoms with van der Waals surface area (Å²) < 4.78 is 0. The second-order valence-corrected chi connectivity index (χ2v) is 5.19. The van der Waals surface area contributed by atoms with Crippen LogP contribution in [0.3, 0.4) is 0 Å². The number of nitrogens with two attached hydrogens (primary N) is 1. The van der Waals surface area contributed by atoms with Gasteiger partial charge in [-0.05, 0) is 24.6 Å². The van der Waals surface area contributed by atoms with E-state index in [9.17, 15) is 9.90 Å². The van der Waals surface area contributed by atoms with Crippen molar-refractivity contribution in [1.82, 2.24) is 0 Å². The van der Waals surface area contributed by atoms with E-state index in [-0.39, 0.29) is 11.4 Å². The molecule has 0 aliphatic rings. The fourth-order valence-electron chi connectivity index (χ4n) is 1.18. The van der Waals surface area contributed by atoms with Crippen molar-refractivity contribution in [3.8, 4) is 0 Å². The zero-order chi connectivity index (χ0) is 12.1. The molecule has 0 spiro atoms. The van der Waals surface area contributed by atoms with Crippen LogP contribution in [0.1, 0.15) is 29.8 Å². The number of benzene rings is 1. The molecule has 0 radical (unpaired) electrons. The van der Waals surface area contributed by atoms with Crippen LogP contribution in [0.15, 0.2) is 24.3 Å². The van der Waals surface area contributed by atoms with Gasteiger partial charge >= 0.3 is 0 Å². The lowest BCUT2D eigenvalue weighted by atomic mass is 10.1. The predicted octanol–water partition coefficient (Wildman–Crippen LogP) is 1.79. The number of hydrogen-bond acceptors (Lipinski definition) is 3. The van der Waals surface area contributed by atoms with Gasteiger partial charge in [0.15, 0.2) is 0 Å². The van der Waals surface area contributed by atoms with Gasteiger partial charge < -0.3 is 10.8 Å². The van der Waals surface area contributed by atoms with Crippen molar-refractivity contribution in [3.63, 3.8) is 0 Å². The Bertz CT molecular complexity index is 366. The van der Waals surface area contributed by atoms with Gasteiger partial charge in [-0.3, -0.25) is 4.79 Å². The summed E-state index contributed by atoms with van der Waals surface area (Å²) >= 11 is 1.66. The Kier molecular flexibility index (Phi) is 4.83. The highest BCUT2D eigenvalue weighted by molar-refractivity contribution is 7.99.